The van der Waals surface area contributed by atoms with E-state index in [4.69, 9.17) is 11.6 Å². The van der Waals surface area contributed by atoms with E-state index in [-0.39, 0.29) is 5.54 Å². The fourth-order valence-electron chi connectivity index (χ4n) is 2.68. The molecule has 0 spiro atoms. The summed E-state index contributed by atoms with van der Waals surface area (Å²) in [5, 5.41) is 4.50. The van der Waals surface area contributed by atoms with E-state index in [0.717, 1.165) is 11.4 Å². The molecule has 1 heterocycles. The number of rotatable bonds is 1. The molecule has 2 rings (SSSR count). The first-order valence-electron chi connectivity index (χ1n) is 6.05. The molecule has 1 aliphatic heterocycles. The summed E-state index contributed by atoms with van der Waals surface area (Å²) in [6.45, 7) is 9.18. The summed E-state index contributed by atoms with van der Waals surface area (Å²) in [6.07, 6.45) is 1.14. The molecule has 3 unspecified atom stereocenters. The third-order valence-electron chi connectivity index (χ3n) is 4.41. The van der Waals surface area contributed by atoms with Crippen LogP contribution in [0.25, 0.3) is 0 Å². The van der Waals surface area contributed by atoms with Crippen LogP contribution in [0.4, 0.5) is 5.69 Å². The molecular formula is C14H20ClN. The Bertz CT molecular complexity index is 402. The van der Waals surface area contributed by atoms with Gasteiger partial charge in [0.2, 0.25) is 0 Å². The summed E-state index contributed by atoms with van der Waals surface area (Å²) in [5.41, 5.74) is 2.80. The summed E-state index contributed by atoms with van der Waals surface area (Å²) >= 11 is 6.07. The van der Waals surface area contributed by atoms with Crippen LogP contribution in [-0.4, -0.2) is 5.54 Å². The predicted octanol–water partition coefficient (Wildman–Crippen LogP) is 4.67. The molecule has 88 valence electrons. The lowest BCUT2D eigenvalue weighted by molar-refractivity contribution is 0.284. The topological polar surface area (TPSA) is 12.0 Å². The second-order valence-electron chi connectivity index (χ2n) is 5.20. The molecule has 1 nitrogen and oxygen atoms in total. The first kappa shape index (κ1) is 11.8. The number of hydrogen-bond donors (Lipinski definition) is 1. The van der Waals surface area contributed by atoms with Gasteiger partial charge < -0.3 is 5.32 Å². The average molecular weight is 238 g/mol. The molecule has 0 amide bonds. The van der Waals surface area contributed by atoms with Gasteiger partial charge in [0.1, 0.15) is 0 Å². The van der Waals surface area contributed by atoms with Crippen LogP contribution in [0.1, 0.15) is 45.6 Å². The van der Waals surface area contributed by atoms with Crippen molar-refractivity contribution in [2.45, 2.75) is 45.6 Å². The fraction of sp³-hybridized carbons (Fsp3) is 0.571. The Balaban J connectivity index is 2.48. The molecule has 0 saturated carbocycles. The minimum absolute atomic E-state index is 0.195. The third kappa shape index (κ3) is 1.71. The Morgan fingerprint density at radius 2 is 2.06 bits per heavy atom. The van der Waals surface area contributed by atoms with Gasteiger partial charge in [0.25, 0.3) is 0 Å². The monoisotopic (exact) mass is 237 g/mol. The zero-order chi connectivity index (χ0) is 11.9. The molecule has 1 aromatic rings. The summed E-state index contributed by atoms with van der Waals surface area (Å²) in [5.74, 6) is 1.17. The van der Waals surface area contributed by atoms with Gasteiger partial charge in [0.15, 0.2) is 0 Å². The van der Waals surface area contributed by atoms with Crippen LogP contribution in [0, 0.1) is 5.92 Å². The highest BCUT2D eigenvalue weighted by Gasteiger charge is 2.38. The van der Waals surface area contributed by atoms with Gasteiger partial charge in [-0.3, -0.25) is 0 Å². The normalized spacial score (nSPS) is 33.1. The molecule has 1 aromatic carbocycles. The zero-order valence-corrected chi connectivity index (χ0v) is 11.2. The van der Waals surface area contributed by atoms with E-state index in [2.05, 4.69) is 45.1 Å². The Hall–Kier alpha value is -0.690. The van der Waals surface area contributed by atoms with E-state index in [1.54, 1.807) is 0 Å². The molecule has 0 fully saturated rings. The van der Waals surface area contributed by atoms with Gasteiger partial charge in [-0.25, -0.2) is 0 Å². The molecule has 0 aliphatic carbocycles. The highest BCUT2D eigenvalue weighted by Crippen LogP contribution is 2.44. The smallest absolute Gasteiger partial charge is 0.0410 e. The zero-order valence-electron chi connectivity index (χ0n) is 10.5. The van der Waals surface area contributed by atoms with Crippen molar-refractivity contribution in [2.24, 2.45) is 5.92 Å². The maximum Gasteiger partial charge on any atom is 0.0410 e. The third-order valence-corrected chi connectivity index (χ3v) is 4.65. The summed E-state index contributed by atoms with van der Waals surface area (Å²) in [7, 11) is 0. The molecule has 1 aliphatic rings. The lowest BCUT2D eigenvalue weighted by Crippen LogP contribution is -2.46. The molecule has 0 radical (unpaired) electrons. The Morgan fingerprint density at radius 1 is 1.38 bits per heavy atom. The molecule has 2 heteroatoms. The second kappa shape index (κ2) is 3.96. The van der Waals surface area contributed by atoms with E-state index < -0.39 is 0 Å². The van der Waals surface area contributed by atoms with Crippen LogP contribution in [0.5, 0.6) is 0 Å². The van der Waals surface area contributed by atoms with Crippen molar-refractivity contribution < 1.29 is 0 Å². The maximum atomic E-state index is 6.07. The van der Waals surface area contributed by atoms with Gasteiger partial charge in [-0.05, 0) is 48.9 Å². The molecule has 3 atom stereocenters. The standard InChI is InChI=1S/C14H20ClN/c1-5-14(4)10(3)9(2)12-8-11(15)6-7-13(12)16-14/h6-10,16H,5H2,1-4H3. The van der Waals surface area contributed by atoms with Crippen molar-refractivity contribution >= 4 is 17.3 Å². The van der Waals surface area contributed by atoms with E-state index in [1.165, 1.54) is 11.3 Å². The Labute approximate surface area is 103 Å². The predicted molar refractivity (Wildman–Crippen MR) is 71.3 cm³/mol. The minimum Gasteiger partial charge on any atom is -0.379 e. The lowest BCUT2D eigenvalue weighted by Gasteiger charge is -2.45. The van der Waals surface area contributed by atoms with E-state index in [1.807, 2.05) is 6.07 Å². The van der Waals surface area contributed by atoms with Crippen molar-refractivity contribution in [1.82, 2.24) is 0 Å². The first-order valence-corrected chi connectivity index (χ1v) is 6.43. The number of halogens is 1. The van der Waals surface area contributed by atoms with E-state index in [0.29, 0.717) is 11.8 Å². The number of fused-ring (bicyclic) bond motifs is 1. The number of hydrogen-bond acceptors (Lipinski definition) is 1. The number of anilines is 1. The maximum absolute atomic E-state index is 6.07. The highest BCUT2D eigenvalue weighted by molar-refractivity contribution is 6.30. The van der Waals surface area contributed by atoms with Crippen LogP contribution >= 0.6 is 11.6 Å². The van der Waals surface area contributed by atoms with Gasteiger partial charge >= 0.3 is 0 Å². The van der Waals surface area contributed by atoms with Crippen LogP contribution in [0.2, 0.25) is 5.02 Å². The van der Waals surface area contributed by atoms with Crippen molar-refractivity contribution in [1.29, 1.82) is 0 Å². The molecular weight excluding hydrogens is 218 g/mol. The summed E-state index contributed by atoms with van der Waals surface area (Å²) in [4.78, 5) is 0. The molecule has 0 bridgehead atoms. The van der Waals surface area contributed by atoms with Crippen molar-refractivity contribution in [3.63, 3.8) is 0 Å². The van der Waals surface area contributed by atoms with Crippen molar-refractivity contribution in [3.05, 3.63) is 28.8 Å². The second-order valence-corrected chi connectivity index (χ2v) is 5.64. The SMILES string of the molecule is CCC1(C)Nc2ccc(Cl)cc2C(C)C1C. The van der Waals surface area contributed by atoms with E-state index >= 15 is 0 Å². The van der Waals surface area contributed by atoms with Crippen molar-refractivity contribution in [3.8, 4) is 0 Å². The molecule has 0 saturated heterocycles. The van der Waals surface area contributed by atoms with Crippen LogP contribution in [0.3, 0.4) is 0 Å². The Morgan fingerprint density at radius 3 is 2.69 bits per heavy atom. The molecule has 0 aromatic heterocycles. The van der Waals surface area contributed by atoms with Gasteiger partial charge in [-0.2, -0.15) is 0 Å². The van der Waals surface area contributed by atoms with Gasteiger partial charge in [0.05, 0.1) is 0 Å². The fourth-order valence-corrected chi connectivity index (χ4v) is 2.86. The molecule has 16 heavy (non-hydrogen) atoms. The van der Waals surface area contributed by atoms with Gasteiger partial charge in [-0.15, -0.1) is 0 Å². The van der Waals surface area contributed by atoms with Crippen LogP contribution < -0.4 is 5.32 Å². The quantitative estimate of drug-likeness (QED) is 0.748. The number of nitrogens with one attached hydrogen (secondary N) is 1. The van der Waals surface area contributed by atoms with Crippen molar-refractivity contribution in [2.75, 3.05) is 5.32 Å². The molecule has 1 N–H and O–H groups in total. The van der Waals surface area contributed by atoms with Gasteiger partial charge in [-0.1, -0.05) is 32.4 Å². The average Bonchev–Trinajstić information content (AvgIpc) is 2.28. The van der Waals surface area contributed by atoms with E-state index in [9.17, 15) is 0 Å². The largest absolute Gasteiger partial charge is 0.379 e. The highest BCUT2D eigenvalue weighted by atomic mass is 35.5. The first-order chi connectivity index (χ1) is 7.48. The minimum atomic E-state index is 0.195. The van der Waals surface area contributed by atoms with Crippen LogP contribution in [-0.2, 0) is 0 Å². The lowest BCUT2D eigenvalue weighted by atomic mass is 9.71. The Kier molecular flexibility index (Phi) is 2.91. The number of benzene rings is 1. The summed E-state index contributed by atoms with van der Waals surface area (Å²) < 4.78 is 0. The summed E-state index contributed by atoms with van der Waals surface area (Å²) in [6, 6.07) is 6.17. The van der Waals surface area contributed by atoms with Crippen LogP contribution in [0.15, 0.2) is 18.2 Å². The van der Waals surface area contributed by atoms with Gasteiger partial charge in [0, 0.05) is 16.2 Å².